The molecular weight excluding hydrogens is 304 g/mol. The Labute approximate surface area is 145 Å². The van der Waals surface area contributed by atoms with Gasteiger partial charge in [0.25, 0.3) is 0 Å². The van der Waals surface area contributed by atoms with Gasteiger partial charge < -0.3 is 9.64 Å². The highest BCUT2D eigenvalue weighted by atomic mass is 16.6. The molecule has 0 saturated carbocycles. The fraction of sp³-hybridized carbons (Fsp3) is 0.722. The second kappa shape index (κ2) is 7.92. The molecule has 1 aliphatic heterocycles. The summed E-state index contributed by atoms with van der Waals surface area (Å²) in [6, 6.07) is 0.332. The third kappa shape index (κ3) is 5.16. The summed E-state index contributed by atoms with van der Waals surface area (Å²) < 4.78 is 5.58. The SMILES string of the molecule is C[C@H](c1cnccn1)N(C)C[C@@H]1CCCCN1C(=O)OC(C)(C)C. The summed E-state index contributed by atoms with van der Waals surface area (Å²) in [6.45, 7) is 9.42. The van der Waals surface area contributed by atoms with E-state index in [1.54, 1.807) is 18.6 Å². The minimum atomic E-state index is -0.460. The summed E-state index contributed by atoms with van der Waals surface area (Å²) in [7, 11) is 2.07. The van der Waals surface area contributed by atoms with Crippen molar-refractivity contribution in [1.82, 2.24) is 19.8 Å². The predicted molar refractivity (Wildman–Crippen MR) is 93.7 cm³/mol. The molecule has 0 spiro atoms. The van der Waals surface area contributed by atoms with Gasteiger partial charge in [-0.2, -0.15) is 0 Å². The molecule has 6 heteroatoms. The molecule has 2 heterocycles. The Morgan fingerprint density at radius 1 is 1.42 bits per heavy atom. The Balaban J connectivity index is 2.01. The van der Waals surface area contributed by atoms with Crippen molar-refractivity contribution in [2.24, 2.45) is 0 Å². The number of piperidine rings is 1. The Morgan fingerprint density at radius 3 is 2.79 bits per heavy atom. The number of amides is 1. The number of hydrogen-bond acceptors (Lipinski definition) is 5. The number of likely N-dealkylation sites (N-methyl/N-ethyl adjacent to an activating group) is 1. The Bertz CT molecular complexity index is 530. The van der Waals surface area contributed by atoms with Gasteiger partial charge in [-0.15, -0.1) is 0 Å². The largest absolute Gasteiger partial charge is 0.444 e. The van der Waals surface area contributed by atoms with E-state index in [0.717, 1.165) is 38.0 Å². The van der Waals surface area contributed by atoms with E-state index in [1.165, 1.54) is 0 Å². The number of carbonyl (C=O) groups excluding carboxylic acids is 1. The molecule has 24 heavy (non-hydrogen) atoms. The van der Waals surface area contributed by atoms with E-state index in [-0.39, 0.29) is 18.2 Å². The van der Waals surface area contributed by atoms with Gasteiger partial charge >= 0.3 is 6.09 Å². The van der Waals surface area contributed by atoms with Crippen LogP contribution in [-0.4, -0.2) is 57.6 Å². The van der Waals surface area contributed by atoms with Crippen molar-refractivity contribution in [3.63, 3.8) is 0 Å². The number of likely N-dealkylation sites (tertiary alicyclic amines) is 1. The zero-order valence-corrected chi connectivity index (χ0v) is 15.5. The van der Waals surface area contributed by atoms with E-state index < -0.39 is 5.60 Å². The van der Waals surface area contributed by atoms with Crippen LogP contribution in [0.1, 0.15) is 58.7 Å². The third-order valence-electron chi connectivity index (χ3n) is 4.43. The standard InChI is InChI=1S/C18H30N4O2/c1-14(16-12-19-9-10-20-16)21(5)13-15-8-6-7-11-22(15)17(23)24-18(2,3)4/h9-10,12,14-15H,6-8,11,13H2,1-5H3/t14-,15+/m1/s1. The Morgan fingerprint density at radius 2 is 2.17 bits per heavy atom. The van der Waals surface area contributed by atoms with E-state index >= 15 is 0 Å². The highest BCUT2D eigenvalue weighted by Gasteiger charge is 2.31. The summed E-state index contributed by atoms with van der Waals surface area (Å²) in [5.74, 6) is 0. The zero-order valence-electron chi connectivity index (χ0n) is 15.5. The molecule has 1 fully saturated rings. The molecule has 0 aliphatic carbocycles. The summed E-state index contributed by atoms with van der Waals surface area (Å²) in [5.41, 5.74) is 0.484. The minimum absolute atomic E-state index is 0.154. The number of hydrogen-bond donors (Lipinski definition) is 0. The molecule has 1 aliphatic rings. The van der Waals surface area contributed by atoms with Gasteiger partial charge in [0.05, 0.1) is 11.7 Å². The van der Waals surface area contributed by atoms with Gasteiger partial charge in [0.1, 0.15) is 5.60 Å². The fourth-order valence-corrected chi connectivity index (χ4v) is 2.99. The molecule has 0 bridgehead atoms. The van der Waals surface area contributed by atoms with Crippen LogP contribution in [0.4, 0.5) is 4.79 Å². The van der Waals surface area contributed by atoms with Gasteiger partial charge in [0, 0.05) is 37.7 Å². The van der Waals surface area contributed by atoms with Gasteiger partial charge in [-0.1, -0.05) is 0 Å². The smallest absolute Gasteiger partial charge is 0.410 e. The quantitative estimate of drug-likeness (QED) is 0.846. The van der Waals surface area contributed by atoms with Crippen LogP contribution in [0.25, 0.3) is 0 Å². The van der Waals surface area contributed by atoms with Crippen LogP contribution in [0.2, 0.25) is 0 Å². The van der Waals surface area contributed by atoms with Crippen molar-refractivity contribution in [3.05, 3.63) is 24.3 Å². The maximum absolute atomic E-state index is 12.5. The van der Waals surface area contributed by atoms with E-state index in [4.69, 9.17) is 4.74 Å². The van der Waals surface area contributed by atoms with Crippen LogP contribution in [0.3, 0.4) is 0 Å². The molecule has 1 aromatic heterocycles. The summed E-state index contributed by atoms with van der Waals surface area (Å²) >= 11 is 0. The molecule has 0 aromatic carbocycles. The lowest BCUT2D eigenvalue weighted by Crippen LogP contribution is -2.50. The number of nitrogens with zero attached hydrogens (tertiary/aromatic N) is 4. The van der Waals surface area contributed by atoms with E-state index in [2.05, 4.69) is 28.8 Å². The molecule has 1 amide bonds. The fourth-order valence-electron chi connectivity index (χ4n) is 2.99. The Kier molecular flexibility index (Phi) is 6.15. The first-order chi connectivity index (χ1) is 11.3. The van der Waals surface area contributed by atoms with Crippen molar-refractivity contribution in [2.75, 3.05) is 20.1 Å². The molecule has 134 valence electrons. The lowest BCUT2D eigenvalue weighted by molar-refractivity contribution is 0.00458. The number of ether oxygens (including phenoxy) is 1. The van der Waals surface area contributed by atoms with Crippen molar-refractivity contribution in [3.8, 4) is 0 Å². The first-order valence-electron chi connectivity index (χ1n) is 8.73. The third-order valence-corrected chi connectivity index (χ3v) is 4.43. The minimum Gasteiger partial charge on any atom is -0.444 e. The van der Waals surface area contributed by atoms with Crippen LogP contribution in [0.5, 0.6) is 0 Å². The second-order valence-electron chi connectivity index (χ2n) is 7.57. The molecule has 0 unspecified atom stereocenters. The van der Waals surface area contributed by atoms with Gasteiger partial charge in [-0.3, -0.25) is 14.9 Å². The molecule has 0 N–H and O–H groups in total. The van der Waals surface area contributed by atoms with Crippen molar-refractivity contribution < 1.29 is 9.53 Å². The molecular formula is C18H30N4O2. The van der Waals surface area contributed by atoms with Crippen LogP contribution < -0.4 is 0 Å². The van der Waals surface area contributed by atoms with Gasteiger partial charge in [0.2, 0.25) is 0 Å². The van der Waals surface area contributed by atoms with Gasteiger partial charge in [-0.25, -0.2) is 4.79 Å². The maximum Gasteiger partial charge on any atom is 0.410 e. The normalized spacial score (nSPS) is 20.1. The van der Waals surface area contributed by atoms with Crippen molar-refractivity contribution >= 4 is 6.09 Å². The highest BCUT2D eigenvalue weighted by Crippen LogP contribution is 2.23. The zero-order chi connectivity index (χ0) is 17.7. The second-order valence-corrected chi connectivity index (χ2v) is 7.57. The van der Waals surface area contributed by atoms with Crippen molar-refractivity contribution in [1.29, 1.82) is 0 Å². The molecule has 6 nitrogen and oxygen atoms in total. The monoisotopic (exact) mass is 334 g/mol. The first-order valence-corrected chi connectivity index (χ1v) is 8.73. The topological polar surface area (TPSA) is 58.6 Å². The van der Waals surface area contributed by atoms with Crippen LogP contribution in [0.15, 0.2) is 18.6 Å². The lowest BCUT2D eigenvalue weighted by Gasteiger charge is -2.39. The first kappa shape index (κ1) is 18.6. The average molecular weight is 334 g/mol. The van der Waals surface area contributed by atoms with Crippen LogP contribution in [0, 0.1) is 0 Å². The summed E-state index contributed by atoms with van der Waals surface area (Å²) in [6.07, 6.45) is 8.20. The molecule has 2 rings (SSSR count). The number of aromatic nitrogens is 2. The highest BCUT2D eigenvalue weighted by molar-refractivity contribution is 5.68. The van der Waals surface area contributed by atoms with Crippen LogP contribution in [-0.2, 0) is 4.74 Å². The molecule has 1 aromatic rings. The van der Waals surface area contributed by atoms with Crippen molar-refractivity contribution in [2.45, 2.75) is 64.6 Å². The van der Waals surface area contributed by atoms with Gasteiger partial charge in [0.15, 0.2) is 0 Å². The number of carbonyl (C=O) groups is 1. The molecule has 0 radical (unpaired) electrons. The molecule has 1 saturated heterocycles. The summed E-state index contributed by atoms with van der Waals surface area (Å²) in [4.78, 5) is 25.2. The lowest BCUT2D eigenvalue weighted by atomic mass is 10.0. The molecule has 2 atom stereocenters. The van der Waals surface area contributed by atoms with Gasteiger partial charge in [-0.05, 0) is 54.0 Å². The number of rotatable bonds is 4. The predicted octanol–water partition coefficient (Wildman–Crippen LogP) is 3.26. The van der Waals surface area contributed by atoms with E-state index in [9.17, 15) is 4.79 Å². The van der Waals surface area contributed by atoms with E-state index in [0.29, 0.717) is 0 Å². The summed E-state index contributed by atoms with van der Waals surface area (Å²) in [5, 5.41) is 0. The Hall–Kier alpha value is -1.69. The van der Waals surface area contributed by atoms with Crippen LogP contribution >= 0.6 is 0 Å². The van der Waals surface area contributed by atoms with E-state index in [1.807, 2.05) is 25.7 Å². The average Bonchev–Trinajstić information content (AvgIpc) is 2.53. The maximum atomic E-state index is 12.5.